The Balaban J connectivity index is 0.00000180. The second-order valence-corrected chi connectivity index (χ2v) is 4.95. The van der Waals surface area contributed by atoms with Crippen LogP contribution in [0.15, 0.2) is 24.3 Å². The molecule has 0 unspecified atom stereocenters. The lowest BCUT2D eigenvalue weighted by Gasteiger charge is -2.36. The van der Waals surface area contributed by atoms with Crippen LogP contribution in [0.1, 0.15) is 0 Å². The number of anilines is 1. The van der Waals surface area contributed by atoms with Crippen molar-refractivity contribution in [3.63, 3.8) is 0 Å². The van der Waals surface area contributed by atoms with Crippen LogP contribution in [0.3, 0.4) is 0 Å². The van der Waals surface area contributed by atoms with Gasteiger partial charge in [-0.3, -0.25) is 4.90 Å². The van der Waals surface area contributed by atoms with E-state index in [1.807, 2.05) is 24.3 Å². The number of nitrogens with zero attached hydrogens (tertiary/aromatic N) is 2. The predicted octanol–water partition coefficient (Wildman–Crippen LogP) is 1.41. The number of halogens is 2. The molecule has 2 N–H and O–H groups in total. The molecule has 0 saturated carbocycles. The molecule has 1 saturated heterocycles. The van der Waals surface area contributed by atoms with E-state index in [2.05, 4.69) is 9.80 Å². The molecular weight excluding hydrogens is 285 g/mol. The summed E-state index contributed by atoms with van der Waals surface area (Å²) in [5.41, 5.74) is 6.71. The molecule has 1 aliphatic heterocycles. The van der Waals surface area contributed by atoms with Crippen LogP contribution in [-0.4, -0.2) is 50.0 Å². The number of rotatable bonds is 4. The van der Waals surface area contributed by atoms with E-state index in [0.29, 0.717) is 6.54 Å². The third-order valence-corrected chi connectivity index (χ3v) is 3.53. The molecule has 0 spiro atoms. The summed E-state index contributed by atoms with van der Waals surface area (Å²) in [6.45, 7) is 4.28. The van der Waals surface area contributed by atoms with Crippen molar-refractivity contribution < 1.29 is 4.79 Å². The Labute approximate surface area is 124 Å². The fourth-order valence-corrected chi connectivity index (χ4v) is 2.48. The SMILES string of the molecule is Cl.N[C@H](C=O)CN1CCN(c2ccccc2Cl)CC1. The summed E-state index contributed by atoms with van der Waals surface area (Å²) >= 11 is 6.18. The fraction of sp³-hybridized carbons (Fsp3) is 0.462. The molecule has 0 bridgehead atoms. The maximum Gasteiger partial charge on any atom is 0.137 e. The van der Waals surface area contributed by atoms with E-state index in [-0.39, 0.29) is 18.4 Å². The van der Waals surface area contributed by atoms with Gasteiger partial charge in [-0.05, 0) is 12.1 Å². The summed E-state index contributed by atoms with van der Waals surface area (Å²) in [5.74, 6) is 0. The van der Waals surface area contributed by atoms with E-state index in [4.69, 9.17) is 17.3 Å². The van der Waals surface area contributed by atoms with E-state index < -0.39 is 0 Å². The molecule has 1 heterocycles. The molecule has 6 heteroatoms. The second-order valence-electron chi connectivity index (χ2n) is 4.54. The van der Waals surface area contributed by atoms with Crippen LogP contribution in [0.25, 0.3) is 0 Å². The Kier molecular flexibility index (Phi) is 6.58. The maximum absolute atomic E-state index is 10.5. The average molecular weight is 304 g/mol. The Bertz CT molecular complexity index is 409. The molecule has 2 rings (SSSR count). The highest BCUT2D eigenvalue weighted by Crippen LogP contribution is 2.25. The minimum Gasteiger partial charge on any atom is -0.368 e. The van der Waals surface area contributed by atoms with Crippen molar-refractivity contribution >= 4 is 36.0 Å². The lowest BCUT2D eigenvalue weighted by molar-refractivity contribution is -0.109. The van der Waals surface area contributed by atoms with Gasteiger partial charge in [0.1, 0.15) is 6.29 Å². The van der Waals surface area contributed by atoms with Crippen molar-refractivity contribution in [1.29, 1.82) is 0 Å². The van der Waals surface area contributed by atoms with Crippen LogP contribution in [0.5, 0.6) is 0 Å². The largest absolute Gasteiger partial charge is 0.368 e. The number of carbonyl (C=O) groups is 1. The van der Waals surface area contributed by atoms with Crippen molar-refractivity contribution in [1.82, 2.24) is 4.90 Å². The van der Waals surface area contributed by atoms with Crippen molar-refractivity contribution in [2.75, 3.05) is 37.6 Å². The summed E-state index contributed by atoms with van der Waals surface area (Å²) in [6, 6.07) is 7.50. The van der Waals surface area contributed by atoms with Gasteiger partial charge in [-0.15, -0.1) is 12.4 Å². The van der Waals surface area contributed by atoms with Crippen LogP contribution >= 0.6 is 24.0 Å². The van der Waals surface area contributed by atoms with Gasteiger partial charge in [0.05, 0.1) is 16.8 Å². The van der Waals surface area contributed by atoms with Gasteiger partial charge in [0, 0.05) is 32.7 Å². The van der Waals surface area contributed by atoms with E-state index in [0.717, 1.165) is 43.2 Å². The van der Waals surface area contributed by atoms with E-state index in [9.17, 15) is 4.79 Å². The number of carbonyl (C=O) groups excluding carboxylic acids is 1. The van der Waals surface area contributed by atoms with Gasteiger partial charge in [0.2, 0.25) is 0 Å². The zero-order valence-electron chi connectivity index (χ0n) is 10.7. The van der Waals surface area contributed by atoms with Gasteiger partial charge < -0.3 is 15.4 Å². The Morgan fingerprint density at radius 3 is 2.47 bits per heavy atom. The molecule has 0 aliphatic carbocycles. The van der Waals surface area contributed by atoms with Gasteiger partial charge in [-0.2, -0.15) is 0 Å². The predicted molar refractivity (Wildman–Crippen MR) is 81.4 cm³/mol. The Hall–Kier alpha value is -0.810. The molecule has 0 amide bonds. The first-order valence-corrected chi connectivity index (χ1v) is 6.51. The molecule has 1 aromatic rings. The first-order valence-electron chi connectivity index (χ1n) is 6.13. The maximum atomic E-state index is 10.5. The smallest absolute Gasteiger partial charge is 0.137 e. The second kappa shape index (κ2) is 7.70. The van der Waals surface area contributed by atoms with Crippen LogP contribution < -0.4 is 10.6 Å². The van der Waals surface area contributed by atoms with Gasteiger partial charge in [0.15, 0.2) is 0 Å². The summed E-state index contributed by atoms with van der Waals surface area (Å²) in [6.07, 6.45) is 0.806. The fourth-order valence-electron chi connectivity index (χ4n) is 2.22. The van der Waals surface area contributed by atoms with Crippen LogP contribution in [0, 0.1) is 0 Å². The third kappa shape index (κ3) is 4.35. The molecule has 0 aromatic heterocycles. The average Bonchev–Trinajstić information content (AvgIpc) is 2.40. The molecule has 19 heavy (non-hydrogen) atoms. The van der Waals surface area contributed by atoms with Crippen LogP contribution in [0.4, 0.5) is 5.69 Å². The van der Waals surface area contributed by atoms with Gasteiger partial charge in [-0.25, -0.2) is 0 Å². The van der Waals surface area contributed by atoms with E-state index >= 15 is 0 Å². The summed E-state index contributed by atoms with van der Waals surface area (Å²) in [4.78, 5) is 15.0. The van der Waals surface area contributed by atoms with Crippen molar-refractivity contribution in [3.05, 3.63) is 29.3 Å². The first kappa shape index (κ1) is 16.2. The van der Waals surface area contributed by atoms with Gasteiger partial charge in [-0.1, -0.05) is 23.7 Å². The molecular formula is C13H19Cl2N3O. The molecule has 1 aliphatic rings. The number of benzene rings is 1. The highest BCUT2D eigenvalue weighted by molar-refractivity contribution is 6.33. The highest BCUT2D eigenvalue weighted by Gasteiger charge is 2.19. The van der Waals surface area contributed by atoms with Crippen molar-refractivity contribution in [2.24, 2.45) is 5.73 Å². The zero-order chi connectivity index (χ0) is 13.0. The number of piperazine rings is 1. The Morgan fingerprint density at radius 2 is 1.89 bits per heavy atom. The lowest BCUT2D eigenvalue weighted by Crippen LogP contribution is -2.50. The van der Waals surface area contributed by atoms with E-state index in [1.165, 1.54) is 0 Å². The molecule has 4 nitrogen and oxygen atoms in total. The van der Waals surface area contributed by atoms with Gasteiger partial charge >= 0.3 is 0 Å². The molecule has 0 radical (unpaired) electrons. The summed E-state index contributed by atoms with van der Waals surface area (Å²) in [5, 5.41) is 0.788. The number of hydrogen-bond acceptors (Lipinski definition) is 4. The monoisotopic (exact) mass is 303 g/mol. The normalized spacial score (nSPS) is 17.7. The first-order chi connectivity index (χ1) is 8.70. The molecule has 1 aromatic carbocycles. The quantitative estimate of drug-likeness (QED) is 0.855. The van der Waals surface area contributed by atoms with Crippen molar-refractivity contribution in [3.8, 4) is 0 Å². The van der Waals surface area contributed by atoms with Crippen molar-refractivity contribution in [2.45, 2.75) is 6.04 Å². The summed E-state index contributed by atoms with van der Waals surface area (Å²) < 4.78 is 0. The Morgan fingerprint density at radius 1 is 1.26 bits per heavy atom. The lowest BCUT2D eigenvalue weighted by atomic mass is 10.2. The van der Waals surface area contributed by atoms with Crippen LogP contribution in [0.2, 0.25) is 5.02 Å². The topological polar surface area (TPSA) is 49.6 Å². The zero-order valence-corrected chi connectivity index (χ0v) is 12.2. The highest BCUT2D eigenvalue weighted by atomic mass is 35.5. The standard InChI is InChI=1S/C13H18ClN3O.ClH/c14-12-3-1-2-4-13(12)17-7-5-16(6-8-17)9-11(15)10-18;/h1-4,10-11H,5-9,15H2;1H/t11-;/m0./s1. The molecule has 1 fully saturated rings. The number of aldehydes is 1. The minimum atomic E-state index is -0.378. The summed E-state index contributed by atoms with van der Waals surface area (Å²) in [7, 11) is 0. The minimum absolute atomic E-state index is 0. The third-order valence-electron chi connectivity index (χ3n) is 3.21. The number of para-hydroxylation sites is 1. The number of hydrogen-bond donors (Lipinski definition) is 1. The number of nitrogens with two attached hydrogens (primary N) is 1. The molecule has 1 atom stereocenters. The van der Waals surface area contributed by atoms with E-state index in [1.54, 1.807) is 0 Å². The molecule has 106 valence electrons. The van der Waals surface area contributed by atoms with Crippen LogP contribution in [-0.2, 0) is 4.79 Å². The van der Waals surface area contributed by atoms with Gasteiger partial charge in [0.25, 0.3) is 0 Å².